The van der Waals surface area contributed by atoms with Crippen molar-refractivity contribution >= 4 is 29.8 Å². The van der Waals surface area contributed by atoms with Gasteiger partial charge in [0.05, 0.1) is 81.3 Å². The average molecular weight is 1090 g/mol. The molecule has 0 unspecified atom stereocenters. The number of hydrogen-bond acceptors (Lipinski definition) is 20. The summed E-state index contributed by atoms with van der Waals surface area (Å²) in [5, 5.41) is 45.4. The number of amides is 1. The Balaban J connectivity index is 1.03. The molecular formula is C57H72N2O19. The summed E-state index contributed by atoms with van der Waals surface area (Å²) in [6.07, 6.45) is 1.89. The van der Waals surface area contributed by atoms with Gasteiger partial charge in [-0.05, 0) is 151 Å². The fourth-order valence-corrected chi connectivity index (χ4v) is 13.8. The second-order valence-electron chi connectivity index (χ2n) is 23.5. The molecule has 1 amide bonds. The Morgan fingerprint density at radius 2 is 1.12 bits per heavy atom. The van der Waals surface area contributed by atoms with Gasteiger partial charge >= 0.3 is 23.9 Å². The van der Waals surface area contributed by atoms with Crippen LogP contribution in [0, 0.1) is 5.92 Å². The normalized spacial score (nSPS) is 28.9. The van der Waals surface area contributed by atoms with Crippen molar-refractivity contribution in [2.75, 3.05) is 55.1 Å². The second kappa shape index (κ2) is 20.2. The molecule has 6 heterocycles. The highest BCUT2D eigenvalue weighted by atomic mass is 16.7. The minimum atomic E-state index is -2.42. The molecule has 424 valence electrons. The number of benzene rings is 2. The van der Waals surface area contributed by atoms with Crippen molar-refractivity contribution in [3.63, 3.8) is 0 Å². The Morgan fingerprint density at radius 1 is 0.641 bits per heavy atom. The highest BCUT2D eigenvalue weighted by molar-refractivity contribution is 5.88. The van der Waals surface area contributed by atoms with E-state index in [0.717, 1.165) is 36.5 Å². The predicted molar refractivity (Wildman–Crippen MR) is 272 cm³/mol. The zero-order valence-corrected chi connectivity index (χ0v) is 45.5. The van der Waals surface area contributed by atoms with Gasteiger partial charge in [-0.2, -0.15) is 0 Å². The summed E-state index contributed by atoms with van der Waals surface area (Å²) in [6, 6.07) is 7.15. The first-order valence-corrected chi connectivity index (χ1v) is 26.8. The van der Waals surface area contributed by atoms with Crippen molar-refractivity contribution in [2.45, 2.75) is 168 Å². The van der Waals surface area contributed by atoms with Gasteiger partial charge in [-0.3, -0.25) is 19.3 Å². The molecule has 0 radical (unpaired) electrons. The van der Waals surface area contributed by atoms with Crippen LogP contribution in [0.4, 0.5) is 0 Å². The van der Waals surface area contributed by atoms with Gasteiger partial charge in [-0.1, -0.05) is 0 Å². The van der Waals surface area contributed by atoms with Gasteiger partial charge in [0, 0.05) is 19.1 Å². The topological polar surface area (TPSA) is 265 Å². The van der Waals surface area contributed by atoms with E-state index in [2.05, 4.69) is 4.90 Å². The van der Waals surface area contributed by atoms with Crippen LogP contribution in [0.25, 0.3) is 0 Å². The maximum Gasteiger partial charge on any atom is 0.339 e. The molecule has 10 rings (SSSR count). The predicted octanol–water partition coefficient (Wildman–Crippen LogP) is 3.91. The van der Waals surface area contributed by atoms with Gasteiger partial charge < -0.3 is 72.7 Å². The second-order valence-corrected chi connectivity index (χ2v) is 23.5. The van der Waals surface area contributed by atoms with Crippen LogP contribution in [0.3, 0.4) is 0 Å². The van der Waals surface area contributed by atoms with E-state index < -0.39 is 106 Å². The molecule has 21 nitrogen and oxygen atoms in total. The summed E-state index contributed by atoms with van der Waals surface area (Å²) in [5.74, 6) is -3.63. The Hall–Kier alpha value is -6.13. The summed E-state index contributed by atoms with van der Waals surface area (Å²) in [7, 11) is 5.23. The Kier molecular flexibility index (Phi) is 14.3. The monoisotopic (exact) mass is 1090 g/mol. The van der Waals surface area contributed by atoms with Crippen LogP contribution in [-0.2, 0) is 65.2 Å². The molecule has 8 aliphatic rings. The first kappa shape index (κ1) is 55.2. The van der Waals surface area contributed by atoms with Crippen molar-refractivity contribution in [3.05, 3.63) is 70.2 Å². The smallest absolute Gasteiger partial charge is 0.339 e. The molecule has 21 heteroatoms. The number of hydrogen-bond donors (Lipinski definition) is 4. The average Bonchev–Trinajstić information content (AvgIpc) is 4.36. The molecule has 10 atom stereocenters. The number of esters is 4. The van der Waals surface area contributed by atoms with Gasteiger partial charge in [0.2, 0.25) is 19.5 Å². The number of rotatable bonds is 18. The van der Waals surface area contributed by atoms with Crippen LogP contribution in [0.2, 0.25) is 0 Å². The third kappa shape index (κ3) is 9.59. The van der Waals surface area contributed by atoms with E-state index in [4.69, 9.17) is 47.4 Å². The van der Waals surface area contributed by atoms with Crippen molar-refractivity contribution in [3.8, 4) is 23.0 Å². The van der Waals surface area contributed by atoms with Crippen LogP contribution < -0.4 is 18.9 Å². The molecule has 2 spiro atoms. The molecule has 2 aromatic carbocycles. The number of aliphatic hydroxyl groups is 4. The van der Waals surface area contributed by atoms with Crippen LogP contribution in [-0.4, -0.2) is 167 Å². The van der Waals surface area contributed by atoms with Gasteiger partial charge in [0.15, 0.2) is 46.4 Å². The molecule has 0 saturated carbocycles. The Morgan fingerprint density at radius 3 is 1.62 bits per heavy atom. The van der Waals surface area contributed by atoms with Gasteiger partial charge in [0.1, 0.15) is 11.5 Å². The van der Waals surface area contributed by atoms with Crippen LogP contribution in [0.1, 0.15) is 126 Å². The third-order valence-electron chi connectivity index (χ3n) is 17.6. The summed E-state index contributed by atoms with van der Waals surface area (Å²) in [5.41, 5.74) is -6.09. The molecule has 2 aliphatic carbocycles. The molecule has 4 N–H and O–H groups in total. The van der Waals surface area contributed by atoms with E-state index in [0.29, 0.717) is 61.0 Å². The van der Waals surface area contributed by atoms with Gasteiger partial charge in [-0.15, -0.1) is 0 Å². The van der Waals surface area contributed by atoms with E-state index in [1.54, 1.807) is 13.8 Å². The first-order chi connectivity index (χ1) is 36.9. The molecule has 2 aromatic rings. The van der Waals surface area contributed by atoms with E-state index in [1.807, 2.05) is 41.3 Å². The van der Waals surface area contributed by atoms with Crippen molar-refractivity contribution < 1.29 is 91.8 Å². The summed E-state index contributed by atoms with van der Waals surface area (Å²) in [6.45, 7) is 6.99. The van der Waals surface area contributed by atoms with Crippen LogP contribution in [0.5, 0.6) is 23.0 Å². The van der Waals surface area contributed by atoms with E-state index in [-0.39, 0.29) is 70.3 Å². The van der Waals surface area contributed by atoms with E-state index in [1.165, 1.54) is 28.1 Å². The lowest BCUT2D eigenvalue weighted by atomic mass is 9.75. The summed E-state index contributed by atoms with van der Waals surface area (Å²) in [4.78, 5) is 75.0. The molecular weight excluding hydrogens is 1020 g/mol. The number of carbonyl (C=O) groups is 5. The standard InChI is InChI=1S/C57H72N2O19/c1-52(2,65)13-9-14-56(67,27-43(60)71-7)50(63)77-47-41(69-5)25-54-15-10-36(58(54)18-11-31-20-37-39(75-29-73-37)22-33(31)45(47)54)35-24-55-26-42(70-6)48(78-51(64)57(68,28-44(61)72-8)17-16-53(3,4)66)46(55)34-23-40-38(74-30-76-40)21-32(34)12-19-59(55)49(35)62/h20-23,25-26,35-36,45-48,65-68H,9-19,24,27-30H2,1-8H3/t35-,36-,45+,46+,47+,48+,54+,55+,56+,57+/m0/s1. The molecule has 0 aromatic heterocycles. The van der Waals surface area contributed by atoms with Crippen LogP contribution >= 0.6 is 0 Å². The minimum Gasteiger partial charge on any atom is -0.497 e. The van der Waals surface area contributed by atoms with Gasteiger partial charge in [0.25, 0.3) is 0 Å². The molecule has 78 heavy (non-hydrogen) atoms. The van der Waals surface area contributed by atoms with Crippen LogP contribution in [0.15, 0.2) is 47.9 Å². The lowest BCUT2D eigenvalue weighted by Crippen LogP contribution is -2.53. The lowest BCUT2D eigenvalue weighted by molar-refractivity contribution is -0.179. The quantitative estimate of drug-likeness (QED) is 0.122. The maximum absolute atomic E-state index is 15.8. The number of fused-ring (bicyclic) bond motifs is 6. The largest absolute Gasteiger partial charge is 0.497 e. The van der Waals surface area contributed by atoms with Crippen molar-refractivity contribution in [1.29, 1.82) is 0 Å². The first-order valence-electron chi connectivity index (χ1n) is 26.8. The lowest BCUT2D eigenvalue weighted by Gasteiger charge is -2.42. The van der Waals surface area contributed by atoms with Gasteiger partial charge in [-0.25, -0.2) is 9.59 Å². The number of ether oxygens (including phenoxy) is 10. The fraction of sp³-hybridized carbons (Fsp3) is 0.632. The zero-order chi connectivity index (χ0) is 55.9. The highest BCUT2D eigenvalue weighted by Gasteiger charge is 2.68. The van der Waals surface area contributed by atoms with E-state index >= 15 is 4.79 Å². The van der Waals surface area contributed by atoms with Crippen molar-refractivity contribution in [2.24, 2.45) is 5.92 Å². The molecule has 6 aliphatic heterocycles. The summed E-state index contributed by atoms with van der Waals surface area (Å²) < 4.78 is 58.6. The van der Waals surface area contributed by atoms with E-state index in [9.17, 15) is 39.6 Å². The number of methoxy groups -OCH3 is 4. The minimum absolute atomic E-state index is 0.00789. The molecule has 2 saturated heterocycles. The highest BCUT2D eigenvalue weighted by Crippen LogP contribution is 2.62. The number of nitrogens with zero attached hydrogens (tertiary/aromatic N) is 2. The number of carbonyl (C=O) groups excluding carboxylic acids is 5. The third-order valence-corrected chi connectivity index (χ3v) is 17.6. The Labute approximate surface area is 452 Å². The maximum atomic E-state index is 15.8. The molecule has 2 fully saturated rings. The van der Waals surface area contributed by atoms with Crippen molar-refractivity contribution in [1.82, 2.24) is 9.80 Å². The Bertz CT molecular complexity index is 2820. The SMILES string of the molecule is COC(=O)C[C@](O)(CCC(C)(C)O)C(=O)O[C@@H]1C(OC)=C[C@@]23C[C@@H]([C@@H]4CC[C@@]56C=C(OC)[C@@H](OC(=O)[C@@](O)(CCCC(C)(C)O)CC(=O)OC)[C@H]5c5cc7c(cc5CCN46)OCO7)C(=O)N2CCc2cc4c(cc2[C@H]13)OCO4. The molecule has 0 bridgehead atoms. The zero-order valence-electron chi connectivity index (χ0n) is 45.5. The fourth-order valence-electron chi connectivity index (χ4n) is 13.8. The summed E-state index contributed by atoms with van der Waals surface area (Å²) >= 11 is 0.